The minimum Gasteiger partial charge on any atom is -0.403 e. The van der Waals surface area contributed by atoms with Crippen molar-refractivity contribution in [3.05, 3.63) is 72.6 Å². The summed E-state index contributed by atoms with van der Waals surface area (Å²) in [4.78, 5) is 17.3. The fraction of sp³-hybridized carbons (Fsp3) is 0.467. The average Bonchev–Trinajstić information content (AvgIpc) is 3.03. The molecule has 3 rings (SSSR count). The van der Waals surface area contributed by atoms with Gasteiger partial charge in [0, 0.05) is 35.4 Å². The van der Waals surface area contributed by atoms with Crippen molar-refractivity contribution in [2.45, 2.75) is 72.4 Å². The lowest BCUT2D eigenvalue weighted by Crippen LogP contribution is -2.41. The van der Waals surface area contributed by atoms with Gasteiger partial charge in [0.05, 0.1) is 17.1 Å². The number of carbonyl (C=O) groups is 1. The van der Waals surface area contributed by atoms with E-state index in [4.69, 9.17) is 15.0 Å². The second kappa shape index (κ2) is 11.8. The van der Waals surface area contributed by atoms with Crippen LogP contribution in [0.3, 0.4) is 0 Å². The van der Waals surface area contributed by atoms with E-state index in [1.807, 2.05) is 56.5 Å². The van der Waals surface area contributed by atoms with E-state index in [0.717, 1.165) is 28.5 Å². The Hall–Kier alpha value is -2.74. The number of hydrogen-bond donors (Lipinski definition) is 2. The zero-order valence-corrected chi connectivity index (χ0v) is 23.4. The van der Waals surface area contributed by atoms with Gasteiger partial charge in [0.2, 0.25) is 5.91 Å². The van der Waals surface area contributed by atoms with E-state index in [9.17, 15) is 4.79 Å². The van der Waals surface area contributed by atoms with Gasteiger partial charge in [-0.2, -0.15) is 0 Å². The number of allylic oxidation sites excluding steroid dienone is 5. The Morgan fingerprint density at radius 2 is 1.86 bits per heavy atom. The van der Waals surface area contributed by atoms with Gasteiger partial charge in [-0.25, -0.2) is 0 Å². The van der Waals surface area contributed by atoms with E-state index < -0.39 is 5.92 Å². The molecule has 1 fully saturated rings. The summed E-state index contributed by atoms with van der Waals surface area (Å²) in [7, 11) is -0.300. The van der Waals surface area contributed by atoms with E-state index in [-0.39, 0.29) is 36.2 Å². The lowest BCUT2D eigenvalue weighted by molar-refractivity contribution is -0.118. The topological polar surface area (TPSA) is 86.5 Å². The predicted molar refractivity (Wildman–Crippen MR) is 154 cm³/mol. The maximum atomic E-state index is 13.2. The van der Waals surface area contributed by atoms with Crippen molar-refractivity contribution in [2.75, 3.05) is 11.9 Å². The molecule has 2 heterocycles. The maximum Gasteiger partial charge on any atom is 0.459 e. The Morgan fingerprint density at radius 1 is 1.16 bits per heavy atom. The van der Waals surface area contributed by atoms with Gasteiger partial charge in [-0.05, 0) is 70.9 Å². The van der Waals surface area contributed by atoms with Crippen LogP contribution >= 0.6 is 0 Å². The second-order valence-corrected chi connectivity index (χ2v) is 11.1. The molecule has 0 radical (unpaired) electrons. The minimum absolute atomic E-state index is 0.106. The maximum absolute atomic E-state index is 13.2. The van der Waals surface area contributed by atoms with Gasteiger partial charge in [-0.1, -0.05) is 55.9 Å². The number of carbonyl (C=O) groups excluding carboxylic acids is 1. The van der Waals surface area contributed by atoms with Crippen LogP contribution < -0.4 is 11.1 Å². The molecule has 0 saturated carbocycles. The number of anilines is 1. The number of nitrogens with one attached hydrogen (secondary N) is 1. The van der Waals surface area contributed by atoms with E-state index in [1.54, 1.807) is 6.20 Å². The zero-order chi connectivity index (χ0) is 27.3. The normalized spacial score (nSPS) is 20.0. The van der Waals surface area contributed by atoms with Crippen molar-refractivity contribution in [3.8, 4) is 0 Å². The smallest absolute Gasteiger partial charge is 0.403 e. The molecule has 37 heavy (non-hydrogen) atoms. The first-order chi connectivity index (χ1) is 17.4. The molecular weight excluding hydrogens is 461 g/mol. The minimum atomic E-state index is -0.418. The molecule has 1 aliphatic heterocycles. The molecule has 2 aromatic rings. The van der Waals surface area contributed by atoms with Crippen LogP contribution in [0.25, 0.3) is 10.8 Å². The Morgan fingerprint density at radius 3 is 2.49 bits per heavy atom. The molecule has 1 aliphatic rings. The third-order valence-electron chi connectivity index (χ3n) is 7.56. The number of pyridine rings is 1. The van der Waals surface area contributed by atoms with Gasteiger partial charge < -0.3 is 20.4 Å². The quantitative estimate of drug-likeness (QED) is 0.225. The van der Waals surface area contributed by atoms with Crippen LogP contribution in [-0.2, 0) is 14.1 Å². The lowest BCUT2D eigenvalue weighted by atomic mass is 9.68. The monoisotopic (exact) mass is 503 g/mol. The fourth-order valence-corrected chi connectivity index (χ4v) is 4.67. The molecule has 7 heteroatoms. The Kier molecular flexibility index (Phi) is 9.16. The highest BCUT2D eigenvalue weighted by Crippen LogP contribution is 2.41. The molecule has 1 aromatic carbocycles. The zero-order valence-electron chi connectivity index (χ0n) is 23.4. The van der Waals surface area contributed by atoms with E-state index in [2.05, 4.69) is 63.1 Å². The van der Waals surface area contributed by atoms with Crippen molar-refractivity contribution >= 4 is 29.5 Å². The molecule has 1 saturated heterocycles. The van der Waals surface area contributed by atoms with Crippen LogP contribution in [0.2, 0.25) is 6.32 Å². The first-order valence-corrected chi connectivity index (χ1v) is 13.2. The van der Waals surface area contributed by atoms with Gasteiger partial charge in [0.1, 0.15) is 0 Å². The summed E-state index contributed by atoms with van der Waals surface area (Å²) in [5.74, 6) is -0.523. The molecule has 6 nitrogen and oxygen atoms in total. The summed E-state index contributed by atoms with van der Waals surface area (Å²) in [6, 6.07) is 7.73. The predicted octanol–water partition coefficient (Wildman–Crippen LogP) is 6.32. The Labute approximate surface area is 222 Å². The van der Waals surface area contributed by atoms with Crippen LogP contribution in [0.5, 0.6) is 0 Å². The molecule has 2 atom stereocenters. The molecule has 3 N–H and O–H groups in total. The molecule has 1 aromatic heterocycles. The number of aromatic nitrogens is 1. The van der Waals surface area contributed by atoms with E-state index in [0.29, 0.717) is 6.32 Å². The van der Waals surface area contributed by atoms with E-state index >= 15 is 0 Å². The van der Waals surface area contributed by atoms with Gasteiger partial charge in [0.25, 0.3) is 0 Å². The van der Waals surface area contributed by atoms with Gasteiger partial charge in [-0.15, -0.1) is 0 Å². The molecule has 198 valence electrons. The number of benzene rings is 1. The third-order valence-corrected chi connectivity index (χ3v) is 7.56. The van der Waals surface area contributed by atoms with Gasteiger partial charge >= 0.3 is 7.12 Å². The second-order valence-electron chi connectivity index (χ2n) is 11.1. The number of amides is 1. The van der Waals surface area contributed by atoms with Crippen molar-refractivity contribution in [1.82, 2.24) is 4.98 Å². The first-order valence-electron chi connectivity index (χ1n) is 13.2. The molecule has 0 bridgehead atoms. The third kappa shape index (κ3) is 6.98. The van der Waals surface area contributed by atoms with Crippen LogP contribution in [0.4, 0.5) is 5.69 Å². The van der Waals surface area contributed by atoms with Crippen LogP contribution in [0.15, 0.2) is 72.6 Å². The van der Waals surface area contributed by atoms with Gasteiger partial charge in [0.15, 0.2) is 0 Å². The summed E-state index contributed by atoms with van der Waals surface area (Å²) < 4.78 is 12.5. The standard InChI is InChI=1S/C30H42BN3O3/c1-8-15-30(7,21-31-36-28(3,4)29(5,6)37-31)16-10-11-22(9-2)26(19-32)27(35)34-25-13-12-24-20-33-17-14-23(24)18-25/h8,10-18,20,26H,9,19,21,32H2,1-7H3,(H,34,35)/b15-8-,16-10-,22-11+. The van der Waals surface area contributed by atoms with Crippen LogP contribution in [0, 0.1) is 11.3 Å². The molecule has 0 spiro atoms. The highest BCUT2D eigenvalue weighted by atomic mass is 16.7. The van der Waals surface area contributed by atoms with Gasteiger partial charge in [-0.3, -0.25) is 9.78 Å². The number of hydrogen-bond acceptors (Lipinski definition) is 5. The molecule has 2 unspecified atom stereocenters. The van der Waals surface area contributed by atoms with Crippen molar-refractivity contribution in [2.24, 2.45) is 17.1 Å². The number of fused-ring (bicyclic) bond motifs is 1. The van der Waals surface area contributed by atoms with Crippen molar-refractivity contribution < 1.29 is 14.1 Å². The first kappa shape index (κ1) is 28.8. The SMILES string of the molecule is C/C=C\C(C)(/C=C\C=C(/CC)C(CN)C(=O)Nc1ccc2cnccc2c1)CB1OC(C)(C)C(C)(C)O1. The summed E-state index contributed by atoms with van der Waals surface area (Å²) in [6.07, 6.45) is 15.4. The number of nitrogens with zero attached hydrogens (tertiary/aromatic N) is 1. The van der Waals surface area contributed by atoms with Crippen LogP contribution in [0.1, 0.15) is 54.9 Å². The van der Waals surface area contributed by atoms with Crippen molar-refractivity contribution in [1.29, 1.82) is 0 Å². The lowest BCUT2D eigenvalue weighted by Gasteiger charge is -2.32. The Bertz CT molecular complexity index is 1170. The van der Waals surface area contributed by atoms with Crippen LogP contribution in [-0.4, -0.2) is 35.8 Å². The Balaban J connectivity index is 1.74. The fourth-order valence-electron chi connectivity index (χ4n) is 4.67. The highest BCUT2D eigenvalue weighted by molar-refractivity contribution is 6.45. The summed E-state index contributed by atoms with van der Waals surface area (Å²) in [5.41, 5.74) is 6.81. The number of rotatable bonds is 10. The van der Waals surface area contributed by atoms with Crippen molar-refractivity contribution in [3.63, 3.8) is 0 Å². The van der Waals surface area contributed by atoms with E-state index in [1.165, 1.54) is 0 Å². The molecule has 1 amide bonds. The summed E-state index contributed by atoms with van der Waals surface area (Å²) >= 11 is 0. The molecule has 0 aliphatic carbocycles. The molecular formula is C30H42BN3O3. The highest BCUT2D eigenvalue weighted by Gasteiger charge is 2.52. The summed E-state index contributed by atoms with van der Waals surface area (Å²) in [6.45, 7) is 14.7. The average molecular weight is 503 g/mol. The number of nitrogens with two attached hydrogens (primary N) is 1. The summed E-state index contributed by atoms with van der Waals surface area (Å²) in [5, 5.41) is 5.09. The largest absolute Gasteiger partial charge is 0.459 e.